The Kier molecular flexibility index (Phi) is 3.79. The number of esters is 1. The van der Waals surface area contributed by atoms with E-state index in [4.69, 9.17) is 4.74 Å². The van der Waals surface area contributed by atoms with Crippen LogP contribution in [-0.4, -0.2) is 24.9 Å². The SMILES string of the molecule is COC(=O)c1cccc(N2C(=O)[C@H]3C4c5ccccc5C(C)(c5ccccc54)[C@H]3C2=O)c1. The largest absolute Gasteiger partial charge is 0.465 e. The van der Waals surface area contributed by atoms with E-state index in [0.717, 1.165) is 22.3 Å². The van der Waals surface area contributed by atoms with E-state index in [-0.39, 0.29) is 17.7 Å². The Hall–Kier alpha value is -3.73. The summed E-state index contributed by atoms with van der Waals surface area (Å²) in [6.07, 6.45) is 0. The molecule has 5 nitrogen and oxygen atoms in total. The van der Waals surface area contributed by atoms with Crippen LogP contribution in [0.2, 0.25) is 0 Å². The first kappa shape index (κ1) is 19.0. The zero-order valence-corrected chi connectivity index (χ0v) is 17.7. The van der Waals surface area contributed by atoms with E-state index < -0.39 is 23.2 Å². The molecule has 1 heterocycles. The molecule has 1 fully saturated rings. The first-order valence-corrected chi connectivity index (χ1v) is 10.7. The minimum atomic E-state index is -0.603. The molecule has 0 spiro atoms. The summed E-state index contributed by atoms with van der Waals surface area (Å²) >= 11 is 0. The normalized spacial score (nSPS) is 27.1. The van der Waals surface area contributed by atoms with Gasteiger partial charge < -0.3 is 4.74 Å². The van der Waals surface area contributed by atoms with Gasteiger partial charge in [0.1, 0.15) is 0 Å². The Balaban J connectivity index is 1.56. The number of amides is 2. The van der Waals surface area contributed by atoms with Crippen LogP contribution in [0, 0.1) is 11.8 Å². The predicted molar refractivity (Wildman–Crippen MR) is 118 cm³/mol. The molecule has 3 aromatic carbocycles. The smallest absolute Gasteiger partial charge is 0.337 e. The van der Waals surface area contributed by atoms with E-state index in [1.807, 2.05) is 24.3 Å². The maximum atomic E-state index is 13.9. The molecule has 0 saturated carbocycles. The van der Waals surface area contributed by atoms with Crippen molar-refractivity contribution in [3.05, 3.63) is 101 Å². The summed E-state index contributed by atoms with van der Waals surface area (Å²) in [5.41, 5.74) is 4.61. The van der Waals surface area contributed by atoms with E-state index in [1.54, 1.807) is 24.3 Å². The Morgan fingerprint density at radius 3 is 2.12 bits per heavy atom. The first-order valence-electron chi connectivity index (χ1n) is 10.7. The van der Waals surface area contributed by atoms with Gasteiger partial charge in [-0.2, -0.15) is 0 Å². The molecule has 0 aromatic heterocycles. The van der Waals surface area contributed by atoms with Crippen LogP contribution in [0.3, 0.4) is 0 Å². The molecule has 3 aromatic rings. The summed E-state index contributed by atoms with van der Waals surface area (Å²) in [5, 5.41) is 0. The number of carbonyl (C=O) groups excluding carboxylic acids is 3. The fraction of sp³-hybridized carbons (Fsp3) is 0.222. The summed E-state index contributed by atoms with van der Waals surface area (Å²) in [6.45, 7) is 2.09. The quantitative estimate of drug-likeness (QED) is 0.461. The first-order chi connectivity index (χ1) is 15.5. The van der Waals surface area contributed by atoms with Crippen LogP contribution in [-0.2, 0) is 19.7 Å². The number of ether oxygens (including phenoxy) is 1. The number of hydrogen-bond acceptors (Lipinski definition) is 4. The lowest BCUT2D eigenvalue weighted by Crippen LogP contribution is -2.51. The van der Waals surface area contributed by atoms with Crippen molar-refractivity contribution in [1.82, 2.24) is 0 Å². The van der Waals surface area contributed by atoms with Crippen LogP contribution in [0.5, 0.6) is 0 Å². The summed E-state index contributed by atoms with van der Waals surface area (Å²) in [7, 11) is 1.31. The fourth-order valence-electron chi connectivity index (χ4n) is 6.30. The van der Waals surface area contributed by atoms with E-state index in [2.05, 4.69) is 31.2 Å². The molecule has 2 bridgehead atoms. The standard InChI is InChI=1S/C27H21NO4/c1-27-19-12-5-3-10-17(19)21(18-11-4-6-13-20(18)27)22-23(27)25(30)28(24(22)29)16-9-7-8-15(14-16)26(31)32-2/h3-14,21-23H,1-2H3/t21?,22-,23+,27?/m0/s1. The van der Waals surface area contributed by atoms with Crippen LogP contribution < -0.4 is 4.90 Å². The third-order valence-electron chi connectivity index (χ3n) is 7.57. The number of anilines is 1. The number of benzene rings is 3. The monoisotopic (exact) mass is 423 g/mol. The van der Waals surface area contributed by atoms with Crippen LogP contribution >= 0.6 is 0 Å². The Bertz CT molecular complexity index is 1280. The number of nitrogens with zero attached hydrogens (tertiary/aromatic N) is 1. The average Bonchev–Trinajstić information content (AvgIpc) is 3.10. The van der Waals surface area contributed by atoms with Crippen LogP contribution in [0.25, 0.3) is 0 Å². The van der Waals surface area contributed by atoms with Gasteiger partial charge in [0.05, 0.1) is 30.2 Å². The molecule has 158 valence electrons. The molecule has 0 radical (unpaired) electrons. The summed E-state index contributed by atoms with van der Waals surface area (Å²) in [5.74, 6) is -2.05. The number of carbonyl (C=O) groups is 3. The number of imide groups is 1. The third kappa shape index (κ3) is 2.15. The second-order valence-electron chi connectivity index (χ2n) is 8.91. The molecule has 3 aliphatic carbocycles. The van der Waals surface area contributed by atoms with Crippen molar-refractivity contribution in [3.8, 4) is 0 Å². The molecule has 0 unspecified atom stereocenters. The van der Waals surface area contributed by atoms with Gasteiger partial charge in [-0.25, -0.2) is 9.69 Å². The van der Waals surface area contributed by atoms with Crippen molar-refractivity contribution in [2.45, 2.75) is 18.3 Å². The highest BCUT2D eigenvalue weighted by Gasteiger charge is 2.66. The van der Waals surface area contributed by atoms with Gasteiger partial charge in [-0.3, -0.25) is 9.59 Å². The van der Waals surface area contributed by atoms with E-state index in [9.17, 15) is 14.4 Å². The molecular weight excluding hydrogens is 402 g/mol. The fourth-order valence-corrected chi connectivity index (χ4v) is 6.30. The molecule has 2 amide bonds. The van der Waals surface area contributed by atoms with Crippen molar-refractivity contribution < 1.29 is 19.1 Å². The van der Waals surface area contributed by atoms with Crippen molar-refractivity contribution in [3.63, 3.8) is 0 Å². The minimum absolute atomic E-state index is 0.167. The average molecular weight is 423 g/mol. The second kappa shape index (κ2) is 6.39. The lowest BCUT2D eigenvalue weighted by Gasteiger charge is -2.52. The third-order valence-corrected chi connectivity index (χ3v) is 7.57. The number of hydrogen-bond donors (Lipinski definition) is 0. The van der Waals surface area contributed by atoms with Gasteiger partial charge in [-0.15, -0.1) is 0 Å². The Morgan fingerprint density at radius 2 is 1.50 bits per heavy atom. The zero-order chi connectivity index (χ0) is 22.2. The molecular formula is C27H21NO4. The van der Waals surface area contributed by atoms with Gasteiger partial charge >= 0.3 is 5.97 Å². The summed E-state index contributed by atoms with van der Waals surface area (Å²) in [4.78, 5) is 41.1. The molecule has 4 aliphatic rings. The van der Waals surface area contributed by atoms with Crippen molar-refractivity contribution >= 4 is 23.5 Å². The van der Waals surface area contributed by atoms with Gasteiger partial charge in [0.15, 0.2) is 0 Å². The van der Waals surface area contributed by atoms with Gasteiger partial charge in [-0.05, 0) is 40.5 Å². The maximum absolute atomic E-state index is 13.9. The van der Waals surface area contributed by atoms with E-state index in [0.29, 0.717) is 11.3 Å². The van der Waals surface area contributed by atoms with Crippen LogP contribution in [0.4, 0.5) is 5.69 Å². The second-order valence-corrected chi connectivity index (χ2v) is 8.91. The highest BCUT2D eigenvalue weighted by molar-refractivity contribution is 6.24. The molecule has 0 N–H and O–H groups in total. The predicted octanol–water partition coefficient (Wildman–Crippen LogP) is 4.04. The van der Waals surface area contributed by atoms with Gasteiger partial charge in [0, 0.05) is 11.3 Å². The van der Waals surface area contributed by atoms with E-state index in [1.165, 1.54) is 12.0 Å². The highest BCUT2D eigenvalue weighted by atomic mass is 16.5. The lowest BCUT2D eigenvalue weighted by molar-refractivity contribution is -0.123. The maximum Gasteiger partial charge on any atom is 0.337 e. The van der Waals surface area contributed by atoms with Crippen LogP contribution in [0.1, 0.15) is 45.5 Å². The Morgan fingerprint density at radius 1 is 0.875 bits per heavy atom. The number of methoxy groups -OCH3 is 1. The van der Waals surface area contributed by atoms with Gasteiger partial charge in [0.2, 0.25) is 11.8 Å². The lowest BCUT2D eigenvalue weighted by atomic mass is 9.48. The minimum Gasteiger partial charge on any atom is -0.465 e. The van der Waals surface area contributed by atoms with Crippen LogP contribution in [0.15, 0.2) is 72.8 Å². The molecule has 2 atom stereocenters. The highest BCUT2D eigenvalue weighted by Crippen LogP contribution is 2.64. The summed E-state index contributed by atoms with van der Waals surface area (Å²) in [6, 6.07) is 22.9. The molecule has 7 rings (SSSR count). The van der Waals surface area contributed by atoms with Crippen molar-refractivity contribution in [2.75, 3.05) is 12.0 Å². The van der Waals surface area contributed by atoms with Gasteiger partial charge in [-0.1, -0.05) is 61.5 Å². The zero-order valence-electron chi connectivity index (χ0n) is 17.7. The van der Waals surface area contributed by atoms with Crippen molar-refractivity contribution in [2.24, 2.45) is 11.8 Å². The summed E-state index contributed by atoms with van der Waals surface area (Å²) < 4.78 is 4.82. The number of rotatable bonds is 2. The Labute approximate surface area is 185 Å². The van der Waals surface area contributed by atoms with Gasteiger partial charge in [0.25, 0.3) is 0 Å². The molecule has 1 aliphatic heterocycles. The molecule has 5 heteroatoms. The topological polar surface area (TPSA) is 63.7 Å². The molecule has 32 heavy (non-hydrogen) atoms. The van der Waals surface area contributed by atoms with Crippen molar-refractivity contribution in [1.29, 1.82) is 0 Å². The molecule has 1 saturated heterocycles. The van der Waals surface area contributed by atoms with E-state index >= 15 is 0 Å².